The first-order valence-electron chi connectivity index (χ1n) is 9.65. The van der Waals surface area contributed by atoms with Gasteiger partial charge < -0.3 is 5.32 Å². The summed E-state index contributed by atoms with van der Waals surface area (Å²) in [7, 11) is 0. The standard InChI is InChI=1S/C21H26N4O/c1-15-18-9-10-19(26)25(13-5-8-16-6-3-2-4-7-16)21(18)24-20(23-15)17-11-12-22-14-17/h2-4,6-7,17,22H,5,8-14H2,1H3/t17-/m0/s1. The number of amides is 1. The molecule has 1 fully saturated rings. The molecule has 1 aromatic heterocycles. The number of anilines is 1. The molecule has 0 aliphatic carbocycles. The van der Waals surface area contributed by atoms with Crippen LogP contribution in [0.5, 0.6) is 0 Å². The van der Waals surface area contributed by atoms with E-state index in [0.717, 1.165) is 68.2 Å². The predicted octanol–water partition coefficient (Wildman–Crippen LogP) is 2.77. The van der Waals surface area contributed by atoms with Gasteiger partial charge in [-0.3, -0.25) is 9.69 Å². The Labute approximate surface area is 154 Å². The molecule has 1 saturated heterocycles. The second-order valence-electron chi connectivity index (χ2n) is 7.29. The summed E-state index contributed by atoms with van der Waals surface area (Å²) < 4.78 is 0. The summed E-state index contributed by atoms with van der Waals surface area (Å²) in [5, 5.41) is 3.38. The van der Waals surface area contributed by atoms with Crippen molar-refractivity contribution >= 4 is 11.7 Å². The van der Waals surface area contributed by atoms with Crippen LogP contribution in [0, 0.1) is 6.92 Å². The van der Waals surface area contributed by atoms with Gasteiger partial charge in [0.25, 0.3) is 0 Å². The van der Waals surface area contributed by atoms with Crippen LogP contribution in [0.25, 0.3) is 0 Å². The summed E-state index contributed by atoms with van der Waals surface area (Å²) in [6, 6.07) is 10.4. The first-order chi connectivity index (χ1) is 12.7. The largest absolute Gasteiger partial charge is 0.316 e. The summed E-state index contributed by atoms with van der Waals surface area (Å²) in [5.41, 5.74) is 3.50. The lowest BCUT2D eigenvalue weighted by Gasteiger charge is -2.30. The highest BCUT2D eigenvalue weighted by Gasteiger charge is 2.29. The van der Waals surface area contributed by atoms with E-state index in [0.29, 0.717) is 12.3 Å². The van der Waals surface area contributed by atoms with Crippen LogP contribution in [0.2, 0.25) is 0 Å². The summed E-state index contributed by atoms with van der Waals surface area (Å²) in [5.74, 6) is 2.32. The number of nitrogens with one attached hydrogen (secondary N) is 1. The summed E-state index contributed by atoms with van der Waals surface area (Å²) in [4.78, 5) is 24.1. The SMILES string of the molecule is Cc1nc([C@H]2CCNC2)nc2c1CCC(=O)N2CCCc1ccccc1. The third-order valence-electron chi connectivity index (χ3n) is 5.47. The Morgan fingerprint density at radius 2 is 2.04 bits per heavy atom. The topological polar surface area (TPSA) is 58.1 Å². The molecule has 3 heterocycles. The molecule has 1 aromatic carbocycles. The Morgan fingerprint density at radius 3 is 2.81 bits per heavy atom. The van der Waals surface area contributed by atoms with Crippen molar-refractivity contribution in [1.29, 1.82) is 0 Å². The zero-order chi connectivity index (χ0) is 17.9. The summed E-state index contributed by atoms with van der Waals surface area (Å²) in [6.07, 6.45) is 4.31. The molecule has 1 atom stereocenters. The Morgan fingerprint density at radius 1 is 1.19 bits per heavy atom. The van der Waals surface area contributed by atoms with Crippen LogP contribution in [-0.2, 0) is 17.6 Å². The van der Waals surface area contributed by atoms with Gasteiger partial charge in [0.1, 0.15) is 11.6 Å². The molecule has 5 nitrogen and oxygen atoms in total. The van der Waals surface area contributed by atoms with Gasteiger partial charge in [-0.25, -0.2) is 9.97 Å². The van der Waals surface area contributed by atoms with E-state index >= 15 is 0 Å². The monoisotopic (exact) mass is 350 g/mol. The second kappa shape index (κ2) is 7.54. The summed E-state index contributed by atoms with van der Waals surface area (Å²) >= 11 is 0. The number of rotatable bonds is 5. The molecule has 0 saturated carbocycles. The smallest absolute Gasteiger partial charge is 0.228 e. The molecule has 26 heavy (non-hydrogen) atoms. The van der Waals surface area contributed by atoms with Gasteiger partial charge in [0.15, 0.2) is 0 Å². The third kappa shape index (κ3) is 3.49. The normalized spacial score (nSPS) is 19.7. The van der Waals surface area contributed by atoms with Gasteiger partial charge in [0.2, 0.25) is 5.91 Å². The van der Waals surface area contributed by atoms with Gasteiger partial charge in [-0.2, -0.15) is 0 Å². The van der Waals surface area contributed by atoms with Crippen molar-refractivity contribution < 1.29 is 4.79 Å². The number of aromatic nitrogens is 2. The van der Waals surface area contributed by atoms with Gasteiger partial charge in [-0.15, -0.1) is 0 Å². The lowest BCUT2D eigenvalue weighted by atomic mass is 10.0. The minimum absolute atomic E-state index is 0.194. The van der Waals surface area contributed by atoms with Gasteiger partial charge in [-0.05, 0) is 44.7 Å². The fourth-order valence-electron chi connectivity index (χ4n) is 3.98. The van der Waals surface area contributed by atoms with E-state index in [2.05, 4.69) is 36.5 Å². The summed E-state index contributed by atoms with van der Waals surface area (Å²) in [6.45, 7) is 4.73. The molecule has 0 unspecified atom stereocenters. The van der Waals surface area contributed by atoms with E-state index in [4.69, 9.17) is 9.97 Å². The molecule has 0 spiro atoms. The third-order valence-corrected chi connectivity index (χ3v) is 5.47. The van der Waals surface area contributed by atoms with Crippen LogP contribution >= 0.6 is 0 Å². The maximum atomic E-state index is 12.6. The minimum Gasteiger partial charge on any atom is -0.316 e. The lowest BCUT2D eigenvalue weighted by molar-refractivity contribution is -0.119. The lowest BCUT2D eigenvalue weighted by Crippen LogP contribution is -2.38. The fraction of sp³-hybridized carbons (Fsp3) is 0.476. The van der Waals surface area contributed by atoms with E-state index in [-0.39, 0.29) is 5.91 Å². The molecule has 136 valence electrons. The number of hydrogen-bond acceptors (Lipinski definition) is 4. The Kier molecular flexibility index (Phi) is 4.98. The van der Waals surface area contributed by atoms with Crippen molar-refractivity contribution in [2.24, 2.45) is 0 Å². The van der Waals surface area contributed by atoms with Crippen molar-refractivity contribution in [2.75, 3.05) is 24.5 Å². The van der Waals surface area contributed by atoms with Crippen LogP contribution in [-0.4, -0.2) is 35.5 Å². The number of carbonyl (C=O) groups is 1. The number of hydrogen-bond donors (Lipinski definition) is 1. The molecule has 4 rings (SSSR count). The zero-order valence-corrected chi connectivity index (χ0v) is 15.4. The highest BCUT2D eigenvalue weighted by atomic mass is 16.2. The zero-order valence-electron chi connectivity index (χ0n) is 15.4. The van der Waals surface area contributed by atoms with E-state index in [1.807, 2.05) is 11.0 Å². The van der Waals surface area contributed by atoms with Crippen LogP contribution in [0.15, 0.2) is 30.3 Å². The molecule has 5 heteroatoms. The maximum Gasteiger partial charge on any atom is 0.228 e. The van der Waals surface area contributed by atoms with E-state index in [9.17, 15) is 4.79 Å². The molecule has 2 aliphatic rings. The number of aryl methyl sites for hydroxylation is 2. The average Bonchev–Trinajstić information content (AvgIpc) is 3.19. The van der Waals surface area contributed by atoms with Crippen molar-refractivity contribution in [3.63, 3.8) is 0 Å². The van der Waals surface area contributed by atoms with E-state index < -0.39 is 0 Å². The van der Waals surface area contributed by atoms with Crippen LogP contribution in [0.4, 0.5) is 5.82 Å². The Hall–Kier alpha value is -2.27. The number of nitrogens with zero attached hydrogens (tertiary/aromatic N) is 3. The Balaban J connectivity index is 1.55. The highest BCUT2D eigenvalue weighted by molar-refractivity contribution is 5.95. The number of benzene rings is 1. The van der Waals surface area contributed by atoms with Gasteiger partial charge in [-0.1, -0.05) is 30.3 Å². The quantitative estimate of drug-likeness (QED) is 0.901. The van der Waals surface area contributed by atoms with Gasteiger partial charge >= 0.3 is 0 Å². The van der Waals surface area contributed by atoms with Crippen molar-refractivity contribution in [3.05, 3.63) is 53.0 Å². The molecular formula is C21H26N4O. The van der Waals surface area contributed by atoms with Crippen LogP contribution < -0.4 is 10.2 Å². The first kappa shape index (κ1) is 17.2. The molecule has 0 bridgehead atoms. The molecule has 2 aliphatic heterocycles. The van der Waals surface area contributed by atoms with E-state index in [1.165, 1.54) is 5.56 Å². The first-order valence-corrected chi connectivity index (χ1v) is 9.65. The number of fused-ring (bicyclic) bond motifs is 1. The maximum absolute atomic E-state index is 12.6. The average molecular weight is 350 g/mol. The minimum atomic E-state index is 0.194. The van der Waals surface area contributed by atoms with Gasteiger partial charge in [0.05, 0.1) is 0 Å². The number of carbonyl (C=O) groups excluding carboxylic acids is 1. The molecular weight excluding hydrogens is 324 g/mol. The Bertz CT molecular complexity index is 784. The van der Waals surface area contributed by atoms with Crippen LogP contribution in [0.1, 0.15) is 47.8 Å². The predicted molar refractivity (Wildman–Crippen MR) is 102 cm³/mol. The highest BCUT2D eigenvalue weighted by Crippen LogP contribution is 2.31. The second-order valence-corrected chi connectivity index (χ2v) is 7.29. The molecule has 2 aromatic rings. The van der Waals surface area contributed by atoms with Crippen LogP contribution in [0.3, 0.4) is 0 Å². The van der Waals surface area contributed by atoms with Crippen molar-refractivity contribution in [2.45, 2.75) is 44.9 Å². The van der Waals surface area contributed by atoms with Crippen molar-refractivity contribution in [3.8, 4) is 0 Å². The van der Waals surface area contributed by atoms with E-state index in [1.54, 1.807) is 0 Å². The molecule has 1 amide bonds. The van der Waals surface area contributed by atoms with Gasteiger partial charge in [0, 0.05) is 36.7 Å². The fourth-order valence-corrected chi connectivity index (χ4v) is 3.98. The molecule has 0 radical (unpaired) electrons. The molecule has 1 N–H and O–H groups in total. The van der Waals surface area contributed by atoms with Crippen molar-refractivity contribution in [1.82, 2.24) is 15.3 Å².